The molecule has 1 aliphatic carbocycles. The van der Waals surface area contributed by atoms with Crippen molar-refractivity contribution in [3.63, 3.8) is 0 Å². The van der Waals surface area contributed by atoms with Gasteiger partial charge >= 0.3 is 0 Å². The van der Waals surface area contributed by atoms with E-state index in [1.165, 1.54) is 45.4 Å². The minimum absolute atomic E-state index is 0.720. The Morgan fingerprint density at radius 3 is 2.42 bits per heavy atom. The van der Waals surface area contributed by atoms with E-state index in [9.17, 15) is 0 Å². The van der Waals surface area contributed by atoms with Gasteiger partial charge in [-0.05, 0) is 43.5 Å². The number of likely N-dealkylation sites (tertiary alicyclic amines) is 1. The van der Waals surface area contributed by atoms with Crippen LogP contribution in [0.3, 0.4) is 0 Å². The first-order chi connectivity index (χ1) is 11.9. The number of morpholine rings is 1. The number of benzene rings is 1. The monoisotopic (exact) mass is 329 g/mol. The Morgan fingerprint density at radius 1 is 0.958 bits per heavy atom. The molecule has 0 aromatic heterocycles. The molecule has 4 nitrogen and oxygen atoms in total. The third kappa shape index (κ3) is 3.99. The Kier molecular flexibility index (Phi) is 5.48. The molecule has 132 valence electrons. The molecule has 0 radical (unpaired) electrons. The van der Waals surface area contributed by atoms with Crippen LogP contribution in [0.15, 0.2) is 24.3 Å². The van der Waals surface area contributed by atoms with E-state index in [1.807, 2.05) is 0 Å². The molecule has 2 aliphatic heterocycles. The number of ether oxygens (including phenoxy) is 1. The van der Waals surface area contributed by atoms with E-state index in [2.05, 4.69) is 39.4 Å². The third-order valence-electron chi connectivity index (χ3n) is 6.04. The standard InChI is InChI=1S/C20H31N3O/c1-2-4-20-17(3-1)15-18(20)16-21-19-5-7-22(8-6-19)9-10-23-11-13-24-14-12-23/h1-4,18-19,21H,5-16H2/t18-/m0/s1. The lowest BCUT2D eigenvalue weighted by molar-refractivity contribution is 0.0318. The summed E-state index contributed by atoms with van der Waals surface area (Å²) in [7, 11) is 0. The number of fused-ring (bicyclic) bond motifs is 1. The second-order valence-electron chi connectivity index (χ2n) is 7.58. The highest BCUT2D eigenvalue weighted by atomic mass is 16.5. The van der Waals surface area contributed by atoms with Crippen LogP contribution in [0.5, 0.6) is 0 Å². The number of nitrogens with zero attached hydrogens (tertiary/aromatic N) is 2. The zero-order valence-electron chi connectivity index (χ0n) is 14.8. The molecule has 0 saturated carbocycles. The van der Waals surface area contributed by atoms with E-state index >= 15 is 0 Å². The highest BCUT2D eigenvalue weighted by Crippen LogP contribution is 2.34. The predicted octanol–water partition coefficient (Wildman–Crippen LogP) is 1.71. The fourth-order valence-electron chi connectivity index (χ4n) is 4.32. The van der Waals surface area contributed by atoms with Crippen LogP contribution in [0.4, 0.5) is 0 Å². The van der Waals surface area contributed by atoms with Crippen LogP contribution in [0.2, 0.25) is 0 Å². The Labute approximate surface area is 146 Å². The summed E-state index contributed by atoms with van der Waals surface area (Å²) in [6.45, 7) is 10.2. The molecule has 0 unspecified atom stereocenters. The van der Waals surface area contributed by atoms with Crippen LogP contribution < -0.4 is 5.32 Å². The van der Waals surface area contributed by atoms with Crippen LogP contribution >= 0.6 is 0 Å². The van der Waals surface area contributed by atoms with Gasteiger partial charge in [0.05, 0.1) is 13.2 Å². The van der Waals surface area contributed by atoms with Crippen molar-refractivity contribution < 1.29 is 4.74 Å². The van der Waals surface area contributed by atoms with Gasteiger partial charge in [-0.2, -0.15) is 0 Å². The quantitative estimate of drug-likeness (QED) is 0.860. The number of nitrogens with one attached hydrogen (secondary N) is 1. The van der Waals surface area contributed by atoms with Crippen LogP contribution in [0.1, 0.15) is 29.9 Å². The first kappa shape index (κ1) is 16.5. The van der Waals surface area contributed by atoms with E-state index in [1.54, 1.807) is 11.1 Å². The molecule has 1 aromatic carbocycles. The second-order valence-corrected chi connectivity index (χ2v) is 7.58. The molecule has 0 spiro atoms. The Balaban J connectivity index is 1.12. The van der Waals surface area contributed by atoms with E-state index in [-0.39, 0.29) is 0 Å². The van der Waals surface area contributed by atoms with Gasteiger partial charge in [0.15, 0.2) is 0 Å². The Morgan fingerprint density at radius 2 is 1.67 bits per heavy atom. The molecule has 3 aliphatic rings. The molecule has 4 rings (SSSR count). The summed E-state index contributed by atoms with van der Waals surface area (Å²) in [5.74, 6) is 0.751. The largest absolute Gasteiger partial charge is 0.379 e. The average molecular weight is 329 g/mol. The SMILES string of the molecule is c1ccc2c(c1)C[C@H]2CNC1CCN(CCN2CCOCC2)CC1. The molecule has 2 fully saturated rings. The van der Waals surface area contributed by atoms with Crippen molar-refractivity contribution in [3.8, 4) is 0 Å². The van der Waals surface area contributed by atoms with E-state index < -0.39 is 0 Å². The van der Waals surface area contributed by atoms with Crippen LogP contribution in [0.25, 0.3) is 0 Å². The molecular weight excluding hydrogens is 298 g/mol. The van der Waals surface area contributed by atoms with Crippen molar-refractivity contribution in [2.75, 3.05) is 59.0 Å². The molecule has 2 saturated heterocycles. The number of rotatable bonds is 6. The van der Waals surface area contributed by atoms with Crippen molar-refractivity contribution in [2.45, 2.75) is 31.2 Å². The van der Waals surface area contributed by atoms with Gasteiger partial charge in [-0.3, -0.25) is 4.90 Å². The predicted molar refractivity (Wildman–Crippen MR) is 97.6 cm³/mol. The highest BCUT2D eigenvalue weighted by Gasteiger charge is 2.26. The summed E-state index contributed by atoms with van der Waals surface area (Å²) in [5.41, 5.74) is 3.13. The molecule has 4 heteroatoms. The molecule has 1 aromatic rings. The van der Waals surface area contributed by atoms with E-state index in [0.29, 0.717) is 0 Å². The second kappa shape index (κ2) is 7.96. The zero-order chi connectivity index (χ0) is 16.2. The maximum atomic E-state index is 5.42. The van der Waals surface area contributed by atoms with Gasteiger partial charge in [-0.1, -0.05) is 24.3 Å². The number of hydrogen-bond donors (Lipinski definition) is 1. The normalized spacial score (nSPS) is 26.1. The first-order valence-corrected chi connectivity index (χ1v) is 9.72. The summed E-state index contributed by atoms with van der Waals surface area (Å²) in [5, 5.41) is 3.84. The van der Waals surface area contributed by atoms with E-state index in [4.69, 9.17) is 4.74 Å². The lowest BCUT2D eigenvalue weighted by Gasteiger charge is -2.36. The first-order valence-electron chi connectivity index (χ1n) is 9.72. The maximum Gasteiger partial charge on any atom is 0.0594 e. The summed E-state index contributed by atoms with van der Waals surface area (Å²) in [4.78, 5) is 5.19. The summed E-state index contributed by atoms with van der Waals surface area (Å²) < 4.78 is 5.42. The smallest absolute Gasteiger partial charge is 0.0594 e. The van der Waals surface area contributed by atoms with E-state index in [0.717, 1.165) is 44.8 Å². The zero-order valence-corrected chi connectivity index (χ0v) is 14.8. The van der Waals surface area contributed by atoms with Crippen molar-refractivity contribution in [1.29, 1.82) is 0 Å². The molecule has 0 amide bonds. The van der Waals surface area contributed by atoms with Crippen molar-refractivity contribution in [1.82, 2.24) is 15.1 Å². The van der Waals surface area contributed by atoms with Crippen molar-refractivity contribution >= 4 is 0 Å². The molecule has 1 N–H and O–H groups in total. The Hall–Kier alpha value is -0.940. The minimum Gasteiger partial charge on any atom is -0.379 e. The topological polar surface area (TPSA) is 27.7 Å². The third-order valence-corrected chi connectivity index (χ3v) is 6.04. The van der Waals surface area contributed by atoms with Crippen LogP contribution in [-0.4, -0.2) is 74.9 Å². The number of piperidine rings is 1. The maximum absolute atomic E-state index is 5.42. The molecular formula is C20H31N3O. The molecule has 24 heavy (non-hydrogen) atoms. The van der Waals surface area contributed by atoms with Gasteiger partial charge in [-0.15, -0.1) is 0 Å². The van der Waals surface area contributed by atoms with Gasteiger partial charge < -0.3 is 15.0 Å². The van der Waals surface area contributed by atoms with Gasteiger partial charge in [0.25, 0.3) is 0 Å². The Bertz CT molecular complexity index is 521. The summed E-state index contributed by atoms with van der Waals surface area (Å²) in [6.07, 6.45) is 3.87. The van der Waals surface area contributed by atoms with Gasteiger partial charge in [0, 0.05) is 44.7 Å². The summed E-state index contributed by atoms with van der Waals surface area (Å²) >= 11 is 0. The highest BCUT2D eigenvalue weighted by molar-refractivity contribution is 5.40. The van der Waals surface area contributed by atoms with Crippen LogP contribution in [-0.2, 0) is 11.2 Å². The van der Waals surface area contributed by atoms with Crippen molar-refractivity contribution in [3.05, 3.63) is 35.4 Å². The fourth-order valence-corrected chi connectivity index (χ4v) is 4.32. The van der Waals surface area contributed by atoms with Crippen LogP contribution in [0, 0.1) is 0 Å². The average Bonchev–Trinajstić information content (AvgIpc) is 2.63. The molecule has 1 atom stereocenters. The van der Waals surface area contributed by atoms with Crippen molar-refractivity contribution in [2.24, 2.45) is 0 Å². The van der Waals surface area contributed by atoms with Gasteiger partial charge in [0.2, 0.25) is 0 Å². The molecule has 2 heterocycles. The number of hydrogen-bond acceptors (Lipinski definition) is 4. The molecule has 0 bridgehead atoms. The lowest BCUT2D eigenvalue weighted by atomic mass is 9.77. The van der Waals surface area contributed by atoms with Gasteiger partial charge in [-0.25, -0.2) is 0 Å². The summed E-state index contributed by atoms with van der Waals surface area (Å²) in [6, 6.07) is 9.64. The fraction of sp³-hybridized carbons (Fsp3) is 0.700. The lowest BCUT2D eigenvalue weighted by Crippen LogP contribution is -2.47. The van der Waals surface area contributed by atoms with Gasteiger partial charge in [0.1, 0.15) is 0 Å². The minimum atomic E-state index is 0.720.